The van der Waals surface area contributed by atoms with Gasteiger partial charge in [0.05, 0.1) is 6.54 Å². The van der Waals surface area contributed by atoms with Crippen LogP contribution in [0, 0.1) is 0 Å². The highest BCUT2D eigenvalue weighted by atomic mass is 35.5. The van der Waals surface area contributed by atoms with Gasteiger partial charge in [0, 0.05) is 22.8 Å². The van der Waals surface area contributed by atoms with Crippen LogP contribution in [0.25, 0.3) is 0 Å². The van der Waals surface area contributed by atoms with Gasteiger partial charge in [-0.05, 0) is 25.1 Å². The number of benzene rings is 1. The predicted molar refractivity (Wildman–Crippen MR) is 66.6 cm³/mol. The van der Waals surface area contributed by atoms with Crippen LogP contribution in [0.2, 0.25) is 5.02 Å². The maximum atomic E-state index is 12.0. The minimum absolute atomic E-state index is 0.123. The van der Waals surface area contributed by atoms with Crippen LogP contribution >= 0.6 is 11.6 Å². The van der Waals surface area contributed by atoms with Crippen LogP contribution in [-0.2, 0) is 4.79 Å². The highest BCUT2D eigenvalue weighted by molar-refractivity contribution is 6.31. The summed E-state index contributed by atoms with van der Waals surface area (Å²) in [6, 6.07) is 4.56. The van der Waals surface area contributed by atoms with Gasteiger partial charge in [-0.1, -0.05) is 11.6 Å². The molecule has 0 aromatic heterocycles. The highest BCUT2D eigenvalue weighted by Crippen LogP contribution is 2.17. The fourth-order valence-corrected chi connectivity index (χ4v) is 1.68. The number of rotatable bonds is 4. The van der Waals surface area contributed by atoms with Gasteiger partial charge in [-0.2, -0.15) is 0 Å². The van der Waals surface area contributed by atoms with E-state index in [1.165, 1.54) is 17.0 Å². The van der Waals surface area contributed by atoms with Crippen molar-refractivity contribution in [3.63, 3.8) is 0 Å². The Morgan fingerprint density at radius 1 is 1.35 bits per heavy atom. The normalized spacial score (nSPS) is 10.0. The molecule has 0 bridgehead atoms. The van der Waals surface area contributed by atoms with Gasteiger partial charge in [0.1, 0.15) is 0 Å². The van der Waals surface area contributed by atoms with E-state index in [2.05, 4.69) is 0 Å². The summed E-state index contributed by atoms with van der Waals surface area (Å²) in [4.78, 5) is 24.2. The van der Waals surface area contributed by atoms with Gasteiger partial charge in [0.2, 0.25) is 5.91 Å². The van der Waals surface area contributed by atoms with E-state index in [1.54, 1.807) is 13.0 Å². The van der Waals surface area contributed by atoms with Gasteiger partial charge < -0.3 is 16.4 Å². The number of halogens is 1. The largest absolute Gasteiger partial charge is 0.399 e. The van der Waals surface area contributed by atoms with Crippen LogP contribution in [0.4, 0.5) is 5.69 Å². The molecule has 5 nitrogen and oxygen atoms in total. The van der Waals surface area contributed by atoms with Crippen molar-refractivity contribution in [2.24, 2.45) is 5.73 Å². The molecule has 2 amide bonds. The van der Waals surface area contributed by atoms with Crippen LogP contribution in [0.5, 0.6) is 0 Å². The van der Waals surface area contributed by atoms with Gasteiger partial charge in [0.25, 0.3) is 5.91 Å². The molecule has 1 aromatic rings. The number of hydrogen-bond donors (Lipinski definition) is 2. The lowest BCUT2D eigenvalue weighted by atomic mass is 10.1. The highest BCUT2D eigenvalue weighted by Gasteiger charge is 2.16. The molecule has 17 heavy (non-hydrogen) atoms. The average molecular weight is 256 g/mol. The molecule has 0 aliphatic heterocycles. The number of amides is 2. The van der Waals surface area contributed by atoms with Crippen LogP contribution < -0.4 is 11.5 Å². The zero-order valence-electron chi connectivity index (χ0n) is 9.44. The molecule has 0 fully saturated rings. The second-order valence-electron chi connectivity index (χ2n) is 3.56. The van der Waals surface area contributed by atoms with Crippen molar-refractivity contribution >= 4 is 29.1 Å². The van der Waals surface area contributed by atoms with Crippen molar-refractivity contribution in [2.75, 3.05) is 18.8 Å². The van der Waals surface area contributed by atoms with Crippen molar-refractivity contribution in [1.29, 1.82) is 0 Å². The zero-order valence-corrected chi connectivity index (χ0v) is 10.2. The van der Waals surface area contributed by atoms with E-state index >= 15 is 0 Å². The number of carbonyl (C=O) groups excluding carboxylic acids is 2. The van der Waals surface area contributed by atoms with Gasteiger partial charge >= 0.3 is 0 Å². The van der Waals surface area contributed by atoms with E-state index in [-0.39, 0.29) is 12.5 Å². The minimum Gasteiger partial charge on any atom is -0.399 e. The van der Waals surface area contributed by atoms with Crippen molar-refractivity contribution in [2.45, 2.75) is 6.92 Å². The lowest BCUT2D eigenvalue weighted by Gasteiger charge is -2.19. The molecule has 1 aromatic carbocycles. The Morgan fingerprint density at radius 2 is 2.00 bits per heavy atom. The first-order valence-electron chi connectivity index (χ1n) is 5.07. The Kier molecular flexibility index (Phi) is 4.34. The van der Waals surface area contributed by atoms with Crippen LogP contribution in [-0.4, -0.2) is 29.8 Å². The summed E-state index contributed by atoms with van der Waals surface area (Å²) >= 11 is 5.81. The Bertz CT molecular complexity index is 428. The van der Waals surface area contributed by atoms with Crippen LogP contribution in [0.15, 0.2) is 18.2 Å². The van der Waals surface area contributed by atoms with Crippen molar-refractivity contribution in [1.82, 2.24) is 4.90 Å². The topological polar surface area (TPSA) is 89.4 Å². The molecular formula is C11H14ClN3O2. The van der Waals surface area contributed by atoms with Gasteiger partial charge in [-0.15, -0.1) is 0 Å². The molecule has 0 aliphatic carbocycles. The van der Waals surface area contributed by atoms with Crippen molar-refractivity contribution in [3.05, 3.63) is 28.8 Å². The molecule has 0 saturated carbocycles. The molecule has 92 valence electrons. The van der Waals surface area contributed by atoms with Crippen LogP contribution in [0.1, 0.15) is 17.3 Å². The van der Waals surface area contributed by atoms with E-state index in [9.17, 15) is 9.59 Å². The predicted octanol–water partition coefficient (Wildman–Crippen LogP) is 0.870. The van der Waals surface area contributed by atoms with E-state index < -0.39 is 5.91 Å². The maximum absolute atomic E-state index is 12.0. The molecule has 0 radical (unpaired) electrons. The molecular weight excluding hydrogens is 242 g/mol. The standard InChI is InChI=1S/C11H14ClN3O2/c1-2-15(6-10(14)16)11(17)7-3-8(12)5-9(13)4-7/h3-5H,2,6,13H2,1H3,(H2,14,16). The number of carbonyl (C=O) groups is 2. The Labute approximate surface area is 104 Å². The summed E-state index contributed by atoms with van der Waals surface area (Å²) in [5.74, 6) is -0.879. The Morgan fingerprint density at radius 3 is 2.47 bits per heavy atom. The first kappa shape index (κ1) is 13.3. The minimum atomic E-state index is -0.560. The fourth-order valence-electron chi connectivity index (χ4n) is 1.43. The summed E-state index contributed by atoms with van der Waals surface area (Å²) in [5, 5.41) is 0.378. The smallest absolute Gasteiger partial charge is 0.254 e. The summed E-state index contributed by atoms with van der Waals surface area (Å²) in [7, 11) is 0. The number of nitrogen functional groups attached to an aromatic ring is 1. The zero-order chi connectivity index (χ0) is 13.0. The Hall–Kier alpha value is -1.75. The fraction of sp³-hybridized carbons (Fsp3) is 0.273. The lowest BCUT2D eigenvalue weighted by molar-refractivity contribution is -0.118. The van der Waals surface area contributed by atoms with Crippen molar-refractivity contribution in [3.8, 4) is 0 Å². The molecule has 0 saturated heterocycles. The quantitative estimate of drug-likeness (QED) is 0.783. The Balaban J connectivity index is 2.97. The molecule has 0 heterocycles. The van der Waals surface area contributed by atoms with Gasteiger partial charge in [0.15, 0.2) is 0 Å². The van der Waals surface area contributed by atoms with E-state index in [4.69, 9.17) is 23.1 Å². The molecule has 4 N–H and O–H groups in total. The first-order chi connectivity index (χ1) is 7.93. The van der Waals surface area contributed by atoms with Crippen LogP contribution in [0.3, 0.4) is 0 Å². The van der Waals surface area contributed by atoms with E-state index in [1.807, 2.05) is 0 Å². The lowest BCUT2D eigenvalue weighted by Crippen LogP contribution is -2.38. The summed E-state index contributed by atoms with van der Waals surface area (Å²) in [6.45, 7) is 2.02. The number of likely N-dealkylation sites (N-methyl/N-ethyl adjacent to an activating group) is 1. The van der Waals surface area contributed by atoms with Gasteiger partial charge in [-0.25, -0.2) is 0 Å². The number of nitrogens with two attached hydrogens (primary N) is 2. The number of anilines is 1. The van der Waals surface area contributed by atoms with Crippen molar-refractivity contribution < 1.29 is 9.59 Å². The first-order valence-corrected chi connectivity index (χ1v) is 5.45. The molecule has 0 spiro atoms. The third-order valence-corrected chi connectivity index (χ3v) is 2.40. The second-order valence-corrected chi connectivity index (χ2v) is 4.00. The second kappa shape index (κ2) is 5.54. The van der Waals surface area contributed by atoms with E-state index in [0.717, 1.165) is 0 Å². The molecule has 0 atom stereocenters. The van der Waals surface area contributed by atoms with E-state index in [0.29, 0.717) is 22.8 Å². The third-order valence-electron chi connectivity index (χ3n) is 2.18. The third kappa shape index (κ3) is 3.64. The summed E-state index contributed by atoms with van der Waals surface area (Å²) in [6.07, 6.45) is 0. The SMILES string of the molecule is CCN(CC(N)=O)C(=O)c1cc(N)cc(Cl)c1. The monoisotopic (exact) mass is 255 g/mol. The number of nitrogens with zero attached hydrogens (tertiary/aromatic N) is 1. The maximum Gasteiger partial charge on any atom is 0.254 e. The molecule has 1 rings (SSSR count). The average Bonchev–Trinajstić information content (AvgIpc) is 2.23. The molecule has 0 unspecified atom stereocenters. The summed E-state index contributed by atoms with van der Waals surface area (Å²) < 4.78 is 0. The summed E-state index contributed by atoms with van der Waals surface area (Å²) in [5.41, 5.74) is 11.4. The molecule has 0 aliphatic rings. The van der Waals surface area contributed by atoms with Gasteiger partial charge in [-0.3, -0.25) is 9.59 Å². The number of primary amides is 1. The number of hydrogen-bond acceptors (Lipinski definition) is 3. The molecule has 6 heteroatoms.